The first-order chi connectivity index (χ1) is 11.6. The number of nitrogens with zero attached hydrogens (tertiary/aromatic N) is 1. The molecule has 1 unspecified atom stereocenters. The summed E-state index contributed by atoms with van der Waals surface area (Å²) in [5.41, 5.74) is 14.4. The van der Waals surface area contributed by atoms with Gasteiger partial charge < -0.3 is 10.3 Å². The van der Waals surface area contributed by atoms with Gasteiger partial charge in [0.15, 0.2) is 0 Å². The summed E-state index contributed by atoms with van der Waals surface area (Å²) in [6.45, 7) is 10.5. The molecule has 1 atom stereocenters. The van der Waals surface area contributed by atoms with E-state index in [1.165, 1.54) is 38.9 Å². The van der Waals surface area contributed by atoms with E-state index in [1.807, 2.05) is 0 Å². The van der Waals surface area contributed by atoms with Crippen molar-refractivity contribution in [2.75, 3.05) is 6.54 Å². The van der Waals surface area contributed by atoms with Gasteiger partial charge in [0.05, 0.1) is 0 Å². The van der Waals surface area contributed by atoms with Crippen LogP contribution in [0.2, 0.25) is 0 Å². The SMILES string of the molecule is CCn1c(C)c(CC(CN)c2ccc(C)cc2C)c2ccccc21. The van der Waals surface area contributed by atoms with Crippen molar-refractivity contribution >= 4 is 10.9 Å². The molecule has 0 fully saturated rings. The van der Waals surface area contributed by atoms with E-state index >= 15 is 0 Å². The zero-order valence-electron chi connectivity index (χ0n) is 15.3. The van der Waals surface area contributed by atoms with E-state index < -0.39 is 0 Å². The Morgan fingerprint density at radius 1 is 1.04 bits per heavy atom. The summed E-state index contributed by atoms with van der Waals surface area (Å²) in [4.78, 5) is 0. The van der Waals surface area contributed by atoms with E-state index in [0.29, 0.717) is 12.5 Å². The topological polar surface area (TPSA) is 30.9 Å². The first-order valence-corrected chi connectivity index (χ1v) is 8.90. The lowest BCUT2D eigenvalue weighted by Crippen LogP contribution is -2.16. The molecule has 0 aliphatic carbocycles. The summed E-state index contributed by atoms with van der Waals surface area (Å²) in [7, 11) is 0. The molecule has 24 heavy (non-hydrogen) atoms. The Morgan fingerprint density at radius 3 is 2.46 bits per heavy atom. The molecule has 2 aromatic carbocycles. The van der Waals surface area contributed by atoms with Crippen molar-refractivity contribution in [2.45, 2.75) is 46.6 Å². The van der Waals surface area contributed by atoms with Crippen LogP contribution < -0.4 is 5.73 Å². The van der Waals surface area contributed by atoms with E-state index in [4.69, 9.17) is 5.73 Å². The first kappa shape index (κ1) is 16.8. The van der Waals surface area contributed by atoms with Crippen molar-refractivity contribution in [3.63, 3.8) is 0 Å². The van der Waals surface area contributed by atoms with Crippen LogP contribution in [0, 0.1) is 20.8 Å². The maximum absolute atomic E-state index is 6.19. The smallest absolute Gasteiger partial charge is 0.0485 e. The third kappa shape index (κ3) is 2.87. The standard InChI is InChI=1S/C22H28N2/c1-5-24-17(4)21(20-8-6-7-9-22(20)24)13-18(14-23)19-11-10-15(2)12-16(19)3/h6-12,18H,5,13-14,23H2,1-4H3. The minimum absolute atomic E-state index is 0.361. The van der Waals surface area contributed by atoms with Crippen molar-refractivity contribution in [2.24, 2.45) is 5.73 Å². The van der Waals surface area contributed by atoms with Crippen LogP contribution >= 0.6 is 0 Å². The van der Waals surface area contributed by atoms with Crippen LogP contribution in [0.5, 0.6) is 0 Å². The van der Waals surface area contributed by atoms with Gasteiger partial charge in [-0.3, -0.25) is 0 Å². The van der Waals surface area contributed by atoms with E-state index in [-0.39, 0.29) is 0 Å². The van der Waals surface area contributed by atoms with E-state index in [9.17, 15) is 0 Å². The van der Waals surface area contributed by atoms with Crippen molar-refractivity contribution in [1.82, 2.24) is 4.57 Å². The molecule has 2 heteroatoms. The van der Waals surface area contributed by atoms with Crippen molar-refractivity contribution in [3.05, 3.63) is 70.4 Å². The van der Waals surface area contributed by atoms with Gasteiger partial charge in [0.2, 0.25) is 0 Å². The number of nitrogens with two attached hydrogens (primary N) is 1. The molecule has 2 N–H and O–H groups in total. The highest BCUT2D eigenvalue weighted by atomic mass is 15.0. The van der Waals surface area contributed by atoms with Gasteiger partial charge in [0.25, 0.3) is 0 Å². The Morgan fingerprint density at radius 2 is 1.79 bits per heavy atom. The second-order valence-electron chi connectivity index (χ2n) is 6.82. The molecule has 0 saturated carbocycles. The fraction of sp³-hybridized carbons (Fsp3) is 0.364. The summed E-state index contributed by atoms with van der Waals surface area (Å²) in [6, 6.07) is 15.5. The number of hydrogen-bond acceptors (Lipinski definition) is 1. The molecule has 1 aromatic heterocycles. The number of fused-ring (bicyclic) bond motifs is 1. The molecular weight excluding hydrogens is 292 g/mol. The molecule has 3 aromatic rings. The second kappa shape index (κ2) is 6.82. The van der Waals surface area contributed by atoms with Gasteiger partial charge in [0, 0.05) is 29.1 Å². The van der Waals surface area contributed by atoms with Gasteiger partial charge >= 0.3 is 0 Å². The summed E-state index contributed by atoms with van der Waals surface area (Å²) in [6.07, 6.45) is 1.000. The average molecular weight is 320 g/mol. The largest absolute Gasteiger partial charge is 0.345 e. The Balaban J connectivity index is 2.06. The predicted octanol–water partition coefficient (Wildman–Crippen LogP) is 4.87. The van der Waals surface area contributed by atoms with Crippen molar-refractivity contribution in [1.29, 1.82) is 0 Å². The van der Waals surface area contributed by atoms with Crippen LogP contribution in [0.25, 0.3) is 10.9 Å². The molecule has 0 bridgehead atoms. The summed E-state index contributed by atoms with van der Waals surface area (Å²) in [5, 5.41) is 1.38. The molecule has 0 spiro atoms. The van der Waals surface area contributed by atoms with E-state index in [1.54, 1.807) is 0 Å². The van der Waals surface area contributed by atoms with Crippen LogP contribution in [-0.2, 0) is 13.0 Å². The third-order valence-corrected chi connectivity index (χ3v) is 5.28. The molecule has 126 valence electrons. The van der Waals surface area contributed by atoms with Crippen LogP contribution in [0.1, 0.15) is 40.8 Å². The first-order valence-electron chi connectivity index (χ1n) is 8.90. The van der Waals surface area contributed by atoms with Gasteiger partial charge in [-0.2, -0.15) is 0 Å². The molecule has 0 aliphatic rings. The monoisotopic (exact) mass is 320 g/mol. The highest BCUT2D eigenvalue weighted by molar-refractivity contribution is 5.85. The van der Waals surface area contributed by atoms with Crippen LogP contribution in [-0.4, -0.2) is 11.1 Å². The average Bonchev–Trinajstić information content (AvgIpc) is 2.84. The number of rotatable bonds is 5. The number of para-hydroxylation sites is 1. The number of benzene rings is 2. The molecular formula is C22H28N2. The van der Waals surface area contributed by atoms with Gasteiger partial charge in [-0.05, 0) is 63.4 Å². The molecule has 0 saturated heterocycles. The van der Waals surface area contributed by atoms with Gasteiger partial charge in [-0.15, -0.1) is 0 Å². The minimum atomic E-state index is 0.361. The van der Waals surface area contributed by atoms with Crippen LogP contribution in [0.4, 0.5) is 0 Å². The van der Waals surface area contributed by atoms with Gasteiger partial charge in [-0.1, -0.05) is 42.0 Å². The maximum atomic E-state index is 6.19. The Labute approximate surface area is 145 Å². The van der Waals surface area contributed by atoms with E-state index in [2.05, 4.69) is 74.7 Å². The molecule has 0 amide bonds. The molecule has 1 heterocycles. The van der Waals surface area contributed by atoms with Gasteiger partial charge in [-0.25, -0.2) is 0 Å². The normalized spacial score (nSPS) is 12.7. The summed E-state index contributed by atoms with van der Waals surface area (Å²) in [5.74, 6) is 0.361. The maximum Gasteiger partial charge on any atom is 0.0485 e. The Kier molecular flexibility index (Phi) is 4.77. The molecule has 0 radical (unpaired) electrons. The van der Waals surface area contributed by atoms with Crippen molar-refractivity contribution in [3.8, 4) is 0 Å². The molecule has 3 rings (SSSR count). The second-order valence-corrected chi connectivity index (χ2v) is 6.82. The fourth-order valence-corrected chi connectivity index (χ4v) is 4.02. The lowest BCUT2D eigenvalue weighted by Gasteiger charge is -2.19. The minimum Gasteiger partial charge on any atom is -0.345 e. The fourth-order valence-electron chi connectivity index (χ4n) is 4.02. The Hall–Kier alpha value is -2.06. The van der Waals surface area contributed by atoms with E-state index in [0.717, 1.165) is 13.0 Å². The lowest BCUT2D eigenvalue weighted by atomic mass is 9.87. The zero-order chi connectivity index (χ0) is 17.3. The van der Waals surface area contributed by atoms with Crippen molar-refractivity contribution < 1.29 is 0 Å². The van der Waals surface area contributed by atoms with Crippen LogP contribution in [0.15, 0.2) is 42.5 Å². The summed E-state index contributed by atoms with van der Waals surface area (Å²) >= 11 is 0. The van der Waals surface area contributed by atoms with Gasteiger partial charge in [0.1, 0.15) is 0 Å². The third-order valence-electron chi connectivity index (χ3n) is 5.28. The Bertz CT molecular complexity index is 858. The quantitative estimate of drug-likeness (QED) is 0.714. The zero-order valence-corrected chi connectivity index (χ0v) is 15.3. The number of hydrogen-bond donors (Lipinski definition) is 1. The van der Waals surface area contributed by atoms with Crippen LogP contribution in [0.3, 0.4) is 0 Å². The lowest BCUT2D eigenvalue weighted by molar-refractivity contribution is 0.681. The highest BCUT2D eigenvalue weighted by Gasteiger charge is 2.19. The molecule has 0 aliphatic heterocycles. The predicted molar refractivity (Wildman–Crippen MR) is 104 cm³/mol. The summed E-state index contributed by atoms with van der Waals surface area (Å²) < 4.78 is 2.42. The highest BCUT2D eigenvalue weighted by Crippen LogP contribution is 2.31. The number of aryl methyl sites for hydroxylation is 3. The number of aromatic nitrogens is 1. The molecule has 2 nitrogen and oxygen atoms in total.